The summed E-state index contributed by atoms with van der Waals surface area (Å²) in [4.78, 5) is 22.6. The van der Waals surface area contributed by atoms with Crippen molar-refractivity contribution in [2.24, 2.45) is 0 Å². The van der Waals surface area contributed by atoms with Crippen LogP contribution in [0, 0.1) is 0 Å². The molecular weight excluding hydrogens is 216 g/mol. The molecule has 1 aromatic carbocycles. The Bertz CT molecular complexity index is 433. The minimum Gasteiger partial charge on any atom is -0.393 e. The van der Waals surface area contributed by atoms with Crippen LogP contribution in [-0.4, -0.2) is 11.9 Å². The summed E-state index contributed by atoms with van der Waals surface area (Å²) in [7, 11) is 0. The van der Waals surface area contributed by atoms with E-state index in [0.29, 0.717) is 18.8 Å². The maximum Gasteiger partial charge on any atom is 0.314 e. The quantitative estimate of drug-likeness (QED) is 0.581. The van der Waals surface area contributed by atoms with E-state index in [0.717, 1.165) is 5.56 Å². The van der Waals surface area contributed by atoms with Crippen LogP contribution in [-0.2, 0) is 14.3 Å². The first-order valence-corrected chi connectivity index (χ1v) is 5.90. The standard InChI is InChI=1S/C14H16O3/c1-9(2)11-5-3-4-6-12(11)10-7-13(15)17-14(16)8-10/h3-6,9-10H,7-8H2,1-2H3. The molecule has 0 atom stereocenters. The lowest BCUT2D eigenvalue weighted by atomic mass is 9.84. The molecule has 0 aliphatic carbocycles. The molecule has 1 saturated heterocycles. The van der Waals surface area contributed by atoms with Crippen LogP contribution in [0.5, 0.6) is 0 Å². The lowest BCUT2D eigenvalue weighted by Crippen LogP contribution is -2.24. The Morgan fingerprint density at radius 1 is 1.12 bits per heavy atom. The van der Waals surface area contributed by atoms with Crippen LogP contribution in [0.25, 0.3) is 0 Å². The number of esters is 2. The summed E-state index contributed by atoms with van der Waals surface area (Å²) in [6, 6.07) is 8.00. The number of rotatable bonds is 2. The molecule has 1 fully saturated rings. The van der Waals surface area contributed by atoms with Crippen molar-refractivity contribution in [2.75, 3.05) is 0 Å². The van der Waals surface area contributed by atoms with Gasteiger partial charge in [0.1, 0.15) is 0 Å². The van der Waals surface area contributed by atoms with E-state index in [-0.39, 0.29) is 5.92 Å². The van der Waals surface area contributed by atoms with Gasteiger partial charge in [-0.15, -0.1) is 0 Å². The Balaban J connectivity index is 2.33. The first kappa shape index (κ1) is 11.8. The molecule has 0 spiro atoms. The van der Waals surface area contributed by atoms with Gasteiger partial charge in [-0.05, 0) is 17.0 Å². The number of carbonyl (C=O) groups excluding carboxylic acids is 2. The molecule has 0 amide bonds. The number of benzene rings is 1. The maximum absolute atomic E-state index is 11.3. The molecule has 0 bridgehead atoms. The third-order valence-electron chi connectivity index (χ3n) is 3.11. The Kier molecular flexibility index (Phi) is 3.27. The molecule has 1 aliphatic heterocycles. The zero-order valence-corrected chi connectivity index (χ0v) is 10.1. The number of hydrogen-bond acceptors (Lipinski definition) is 3. The van der Waals surface area contributed by atoms with Crippen LogP contribution >= 0.6 is 0 Å². The number of hydrogen-bond donors (Lipinski definition) is 0. The summed E-state index contributed by atoms with van der Waals surface area (Å²) in [6.45, 7) is 4.23. The fourth-order valence-corrected chi connectivity index (χ4v) is 2.31. The number of ether oxygens (including phenoxy) is 1. The predicted octanol–water partition coefficient (Wildman–Crippen LogP) is 2.76. The van der Waals surface area contributed by atoms with Gasteiger partial charge in [0.15, 0.2) is 0 Å². The molecule has 1 aliphatic rings. The highest BCUT2D eigenvalue weighted by molar-refractivity contribution is 5.89. The summed E-state index contributed by atoms with van der Waals surface area (Å²) < 4.78 is 4.56. The fraction of sp³-hybridized carbons (Fsp3) is 0.429. The van der Waals surface area contributed by atoms with Crippen molar-refractivity contribution in [3.8, 4) is 0 Å². The average Bonchev–Trinajstić information content (AvgIpc) is 2.27. The van der Waals surface area contributed by atoms with Crippen molar-refractivity contribution in [3.05, 3.63) is 35.4 Å². The first-order valence-electron chi connectivity index (χ1n) is 5.90. The third-order valence-corrected chi connectivity index (χ3v) is 3.11. The monoisotopic (exact) mass is 232 g/mol. The van der Waals surface area contributed by atoms with Gasteiger partial charge in [-0.2, -0.15) is 0 Å². The van der Waals surface area contributed by atoms with Gasteiger partial charge in [-0.3, -0.25) is 9.59 Å². The normalized spacial score (nSPS) is 17.4. The van der Waals surface area contributed by atoms with E-state index in [1.54, 1.807) is 0 Å². The number of cyclic esters (lactones) is 2. The van der Waals surface area contributed by atoms with E-state index in [4.69, 9.17) is 0 Å². The smallest absolute Gasteiger partial charge is 0.314 e. The minimum absolute atomic E-state index is 0.0256. The molecule has 0 saturated carbocycles. The topological polar surface area (TPSA) is 43.4 Å². The Hall–Kier alpha value is -1.64. The van der Waals surface area contributed by atoms with Crippen molar-refractivity contribution in [2.45, 2.75) is 38.5 Å². The van der Waals surface area contributed by atoms with Crippen molar-refractivity contribution in [1.29, 1.82) is 0 Å². The summed E-state index contributed by atoms with van der Waals surface area (Å²) in [5, 5.41) is 0. The largest absolute Gasteiger partial charge is 0.393 e. The lowest BCUT2D eigenvalue weighted by molar-refractivity contribution is -0.163. The van der Waals surface area contributed by atoms with Crippen molar-refractivity contribution < 1.29 is 14.3 Å². The molecule has 0 N–H and O–H groups in total. The predicted molar refractivity (Wildman–Crippen MR) is 63.6 cm³/mol. The van der Waals surface area contributed by atoms with Crippen molar-refractivity contribution in [1.82, 2.24) is 0 Å². The third kappa shape index (κ3) is 2.54. The highest BCUT2D eigenvalue weighted by Gasteiger charge is 2.29. The highest BCUT2D eigenvalue weighted by atomic mass is 16.6. The van der Waals surface area contributed by atoms with Gasteiger partial charge in [0.05, 0.1) is 12.8 Å². The van der Waals surface area contributed by atoms with Gasteiger partial charge in [0, 0.05) is 5.92 Å². The molecule has 2 rings (SSSR count). The molecule has 0 aromatic heterocycles. The zero-order chi connectivity index (χ0) is 12.4. The molecular formula is C14H16O3. The summed E-state index contributed by atoms with van der Waals surface area (Å²) >= 11 is 0. The van der Waals surface area contributed by atoms with Gasteiger partial charge in [-0.25, -0.2) is 0 Å². The molecule has 3 nitrogen and oxygen atoms in total. The highest BCUT2D eigenvalue weighted by Crippen LogP contribution is 2.33. The zero-order valence-electron chi connectivity index (χ0n) is 10.1. The second-order valence-corrected chi connectivity index (χ2v) is 4.73. The lowest BCUT2D eigenvalue weighted by Gasteiger charge is -2.23. The second kappa shape index (κ2) is 4.70. The molecule has 90 valence electrons. The van der Waals surface area contributed by atoms with Crippen molar-refractivity contribution >= 4 is 11.9 Å². The van der Waals surface area contributed by atoms with E-state index in [2.05, 4.69) is 24.7 Å². The van der Waals surface area contributed by atoms with E-state index in [1.807, 2.05) is 18.2 Å². The van der Waals surface area contributed by atoms with Crippen LogP contribution in [0.4, 0.5) is 0 Å². The van der Waals surface area contributed by atoms with E-state index >= 15 is 0 Å². The van der Waals surface area contributed by atoms with E-state index < -0.39 is 11.9 Å². The minimum atomic E-state index is -0.412. The number of carbonyl (C=O) groups is 2. The van der Waals surface area contributed by atoms with E-state index in [9.17, 15) is 9.59 Å². The van der Waals surface area contributed by atoms with Gasteiger partial charge in [0.25, 0.3) is 0 Å². The maximum atomic E-state index is 11.3. The van der Waals surface area contributed by atoms with Gasteiger partial charge < -0.3 is 4.74 Å². The molecule has 1 heterocycles. The van der Waals surface area contributed by atoms with Gasteiger partial charge in [-0.1, -0.05) is 38.1 Å². The summed E-state index contributed by atoms with van der Waals surface area (Å²) in [5.41, 5.74) is 2.31. The Labute approximate surface area is 101 Å². The second-order valence-electron chi connectivity index (χ2n) is 4.73. The van der Waals surface area contributed by atoms with Crippen LogP contribution in [0.1, 0.15) is 49.7 Å². The van der Waals surface area contributed by atoms with Crippen LogP contribution in [0.15, 0.2) is 24.3 Å². The molecule has 3 heteroatoms. The molecule has 1 aromatic rings. The van der Waals surface area contributed by atoms with Crippen LogP contribution in [0.3, 0.4) is 0 Å². The van der Waals surface area contributed by atoms with Crippen LogP contribution < -0.4 is 0 Å². The SMILES string of the molecule is CC(C)c1ccccc1C1CC(=O)OC(=O)C1. The van der Waals surface area contributed by atoms with E-state index in [1.165, 1.54) is 5.56 Å². The first-order chi connectivity index (χ1) is 8.08. The molecule has 0 radical (unpaired) electrons. The van der Waals surface area contributed by atoms with Gasteiger partial charge >= 0.3 is 11.9 Å². The molecule has 17 heavy (non-hydrogen) atoms. The van der Waals surface area contributed by atoms with Crippen molar-refractivity contribution in [3.63, 3.8) is 0 Å². The Morgan fingerprint density at radius 2 is 1.71 bits per heavy atom. The fourth-order valence-electron chi connectivity index (χ4n) is 2.31. The molecule has 0 unspecified atom stereocenters. The average molecular weight is 232 g/mol. The summed E-state index contributed by atoms with van der Waals surface area (Å²) in [5.74, 6) is -0.462. The van der Waals surface area contributed by atoms with Gasteiger partial charge in [0.2, 0.25) is 0 Å². The summed E-state index contributed by atoms with van der Waals surface area (Å²) in [6.07, 6.45) is 0.602. The van der Waals surface area contributed by atoms with Crippen LogP contribution in [0.2, 0.25) is 0 Å². The Morgan fingerprint density at radius 3 is 2.29 bits per heavy atom.